The number of rotatable bonds is 13. The molecule has 0 aromatic heterocycles. The molecule has 3 N–H and O–H groups in total. The van der Waals surface area contributed by atoms with Crippen molar-refractivity contribution in [1.82, 2.24) is 15.5 Å². The van der Waals surface area contributed by atoms with Crippen LogP contribution in [0.5, 0.6) is 5.75 Å². The first-order valence-corrected chi connectivity index (χ1v) is 16.9. The summed E-state index contributed by atoms with van der Waals surface area (Å²) in [4.78, 5) is 56.5. The highest BCUT2D eigenvalue weighted by atomic mass is 32.2. The van der Waals surface area contributed by atoms with Crippen LogP contribution in [0.15, 0.2) is 48.5 Å². The van der Waals surface area contributed by atoms with Crippen molar-refractivity contribution >= 4 is 35.6 Å². The number of alkyl carbamates (subject to hydrolysis) is 1. The molecule has 10 nitrogen and oxygen atoms in total. The van der Waals surface area contributed by atoms with Crippen molar-refractivity contribution in [3.63, 3.8) is 0 Å². The standard InChI is InChI=1S/C35H51N3O7S/c1-22(2)38(31(41)26(18-19-46-10)37-33(43)45-35(7,8)9)29(25-16-17-28(39)23(3)20-25)30(40)36-27(32(42)44-34(4,5)6)21-24-14-12-11-13-15-24/h11-17,20,22,26-27,29,39H,18-19,21H2,1-10H3,(H,36,40)(H,37,43). The largest absolute Gasteiger partial charge is 0.508 e. The molecule has 254 valence electrons. The molecule has 0 saturated carbocycles. The van der Waals surface area contributed by atoms with Gasteiger partial charge in [0, 0.05) is 12.5 Å². The van der Waals surface area contributed by atoms with E-state index in [2.05, 4.69) is 10.6 Å². The number of benzene rings is 2. The summed E-state index contributed by atoms with van der Waals surface area (Å²) in [5.74, 6) is -1.12. The first-order chi connectivity index (χ1) is 21.3. The van der Waals surface area contributed by atoms with Gasteiger partial charge in [-0.05, 0) is 110 Å². The maximum Gasteiger partial charge on any atom is 0.408 e. The fourth-order valence-electron chi connectivity index (χ4n) is 4.76. The number of esters is 1. The lowest BCUT2D eigenvalue weighted by atomic mass is 9.97. The first-order valence-electron chi connectivity index (χ1n) is 15.5. The van der Waals surface area contributed by atoms with E-state index in [1.54, 1.807) is 74.4 Å². The molecule has 3 unspecified atom stereocenters. The van der Waals surface area contributed by atoms with Crippen molar-refractivity contribution in [2.24, 2.45) is 0 Å². The normalized spacial score (nSPS) is 13.7. The minimum absolute atomic E-state index is 0.0329. The van der Waals surface area contributed by atoms with E-state index in [0.29, 0.717) is 23.3 Å². The number of carbonyl (C=O) groups is 4. The van der Waals surface area contributed by atoms with Gasteiger partial charge in [-0.15, -0.1) is 0 Å². The molecule has 0 fully saturated rings. The van der Waals surface area contributed by atoms with Crippen LogP contribution < -0.4 is 10.6 Å². The molecule has 0 heterocycles. The van der Waals surface area contributed by atoms with Crippen molar-refractivity contribution in [1.29, 1.82) is 0 Å². The van der Waals surface area contributed by atoms with Gasteiger partial charge in [-0.25, -0.2) is 9.59 Å². The van der Waals surface area contributed by atoms with Crippen molar-refractivity contribution in [3.05, 3.63) is 65.2 Å². The molecule has 0 saturated heterocycles. The first kappa shape index (κ1) is 38.5. The summed E-state index contributed by atoms with van der Waals surface area (Å²) in [5, 5.41) is 15.9. The quantitative estimate of drug-likeness (QED) is 0.234. The highest BCUT2D eigenvalue weighted by molar-refractivity contribution is 7.98. The molecule has 3 atom stereocenters. The van der Waals surface area contributed by atoms with Crippen LogP contribution in [0.25, 0.3) is 0 Å². The molecule has 0 aliphatic heterocycles. The molecule has 2 aromatic carbocycles. The molecule has 2 aromatic rings. The number of ether oxygens (including phenoxy) is 2. The molecule has 0 spiro atoms. The third kappa shape index (κ3) is 12.2. The molecule has 46 heavy (non-hydrogen) atoms. The summed E-state index contributed by atoms with van der Waals surface area (Å²) >= 11 is 1.52. The second-order valence-corrected chi connectivity index (χ2v) is 14.5. The van der Waals surface area contributed by atoms with E-state index in [9.17, 15) is 24.3 Å². The third-order valence-electron chi connectivity index (χ3n) is 6.76. The Hall–Kier alpha value is -3.73. The van der Waals surface area contributed by atoms with Gasteiger partial charge in [0.25, 0.3) is 0 Å². The van der Waals surface area contributed by atoms with Crippen LogP contribution in [-0.4, -0.2) is 75.2 Å². The van der Waals surface area contributed by atoms with Crippen molar-refractivity contribution < 1.29 is 33.8 Å². The predicted molar refractivity (Wildman–Crippen MR) is 182 cm³/mol. The van der Waals surface area contributed by atoms with E-state index in [1.807, 2.05) is 36.6 Å². The van der Waals surface area contributed by atoms with E-state index in [0.717, 1.165) is 5.56 Å². The molecule has 0 radical (unpaired) electrons. The average Bonchev–Trinajstić information content (AvgIpc) is 2.93. The Labute approximate surface area is 278 Å². The number of carbonyl (C=O) groups excluding carboxylic acids is 4. The predicted octanol–water partition coefficient (Wildman–Crippen LogP) is 5.69. The number of phenolic OH excluding ortho intramolecular Hbond substituents is 1. The van der Waals surface area contributed by atoms with Gasteiger partial charge in [-0.1, -0.05) is 36.4 Å². The van der Waals surface area contributed by atoms with Crippen LogP contribution in [0, 0.1) is 6.92 Å². The lowest BCUT2D eigenvalue weighted by molar-refractivity contribution is -0.159. The minimum atomic E-state index is -1.22. The summed E-state index contributed by atoms with van der Waals surface area (Å²) in [6, 6.07) is 10.1. The number of aromatic hydroxyl groups is 1. The Morgan fingerprint density at radius 3 is 2.02 bits per heavy atom. The van der Waals surface area contributed by atoms with Gasteiger partial charge >= 0.3 is 12.1 Å². The van der Waals surface area contributed by atoms with Gasteiger partial charge in [-0.2, -0.15) is 11.8 Å². The lowest BCUT2D eigenvalue weighted by Crippen LogP contribution is -2.56. The van der Waals surface area contributed by atoms with E-state index in [4.69, 9.17) is 9.47 Å². The topological polar surface area (TPSA) is 134 Å². The van der Waals surface area contributed by atoms with Crippen LogP contribution in [-0.2, 0) is 30.3 Å². The number of amides is 3. The molecular formula is C35H51N3O7S. The second kappa shape index (κ2) is 16.7. The molecule has 0 aliphatic carbocycles. The van der Waals surface area contributed by atoms with Crippen LogP contribution in [0.2, 0.25) is 0 Å². The minimum Gasteiger partial charge on any atom is -0.508 e. The van der Waals surface area contributed by atoms with Crippen molar-refractivity contribution in [2.75, 3.05) is 12.0 Å². The SMILES string of the molecule is CSCCC(NC(=O)OC(C)(C)C)C(=O)N(C(C)C)C(C(=O)NC(Cc1ccccc1)C(=O)OC(C)(C)C)c1ccc(O)c(C)c1. The number of phenols is 1. The van der Waals surface area contributed by atoms with E-state index in [1.165, 1.54) is 22.7 Å². The van der Waals surface area contributed by atoms with Gasteiger partial charge < -0.3 is 30.1 Å². The second-order valence-electron chi connectivity index (χ2n) is 13.6. The lowest BCUT2D eigenvalue weighted by Gasteiger charge is -2.38. The Bertz CT molecular complexity index is 1340. The molecular weight excluding hydrogens is 606 g/mol. The zero-order valence-electron chi connectivity index (χ0n) is 28.8. The smallest absolute Gasteiger partial charge is 0.408 e. The molecule has 3 amide bonds. The van der Waals surface area contributed by atoms with Crippen LogP contribution in [0.3, 0.4) is 0 Å². The molecule has 11 heteroatoms. The Morgan fingerprint density at radius 2 is 1.50 bits per heavy atom. The highest BCUT2D eigenvalue weighted by Gasteiger charge is 2.39. The summed E-state index contributed by atoms with van der Waals surface area (Å²) in [7, 11) is 0. The van der Waals surface area contributed by atoms with Gasteiger partial charge in [0.1, 0.15) is 35.1 Å². The zero-order valence-corrected chi connectivity index (χ0v) is 29.6. The van der Waals surface area contributed by atoms with E-state index in [-0.39, 0.29) is 12.2 Å². The number of thioether (sulfide) groups is 1. The zero-order chi connectivity index (χ0) is 34.8. The molecule has 0 bridgehead atoms. The average molecular weight is 658 g/mol. The number of nitrogens with one attached hydrogen (secondary N) is 2. The fourth-order valence-corrected chi connectivity index (χ4v) is 5.23. The van der Waals surface area contributed by atoms with Crippen molar-refractivity contribution in [3.8, 4) is 5.75 Å². The van der Waals surface area contributed by atoms with Gasteiger partial charge in [0.15, 0.2) is 0 Å². The number of hydrogen-bond donors (Lipinski definition) is 3. The number of hydrogen-bond acceptors (Lipinski definition) is 8. The van der Waals surface area contributed by atoms with Crippen LogP contribution >= 0.6 is 11.8 Å². The Morgan fingerprint density at radius 1 is 0.891 bits per heavy atom. The summed E-state index contributed by atoms with van der Waals surface area (Å²) in [6.45, 7) is 15.7. The fraction of sp³-hybridized carbons (Fsp3) is 0.543. The van der Waals surface area contributed by atoms with Crippen LogP contribution in [0.4, 0.5) is 4.79 Å². The Balaban J connectivity index is 2.62. The third-order valence-corrected chi connectivity index (χ3v) is 7.41. The highest BCUT2D eigenvalue weighted by Crippen LogP contribution is 2.29. The maximum absolute atomic E-state index is 14.4. The Kier molecular flexibility index (Phi) is 14.0. The summed E-state index contributed by atoms with van der Waals surface area (Å²) in [5.41, 5.74) is 0.160. The van der Waals surface area contributed by atoms with Gasteiger partial charge in [0.05, 0.1) is 0 Å². The number of aryl methyl sites for hydroxylation is 1. The van der Waals surface area contributed by atoms with E-state index < -0.39 is 59.2 Å². The van der Waals surface area contributed by atoms with Gasteiger partial charge in [0.2, 0.25) is 11.8 Å². The maximum atomic E-state index is 14.4. The number of nitrogens with zero attached hydrogens (tertiary/aromatic N) is 1. The molecule has 2 rings (SSSR count). The molecule has 0 aliphatic rings. The summed E-state index contributed by atoms with van der Waals surface area (Å²) in [6.07, 6.45) is 1.60. The monoisotopic (exact) mass is 657 g/mol. The van der Waals surface area contributed by atoms with Crippen molar-refractivity contribution in [2.45, 2.75) is 111 Å². The van der Waals surface area contributed by atoms with Gasteiger partial charge in [-0.3, -0.25) is 9.59 Å². The van der Waals surface area contributed by atoms with Crippen LogP contribution in [0.1, 0.15) is 84.5 Å². The summed E-state index contributed by atoms with van der Waals surface area (Å²) < 4.78 is 11.1. The van der Waals surface area contributed by atoms with E-state index >= 15 is 0 Å².